The molecule has 32 heavy (non-hydrogen) atoms. The van der Waals surface area contributed by atoms with Gasteiger partial charge in [0, 0.05) is 35.2 Å². The van der Waals surface area contributed by atoms with Gasteiger partial charge in [-0.3, -0.25) is 4.79 Å². The quantitative estimate of drug-likeness (QED) is 0.618. The molecule has 0 bridgehead atoms. The number of nitrogens with one attached hydrogen (secondary N) is 1. The van der Waals surface area contributed by atoms with Gasteiger partial charge in [-0.15, -0.1) is 0 Å². The van der Waals surface area contributed by atoms with Gasteiger partial charge in [0.25, 0.3) is 5.91 Å². The van der Waals surface area contributed by atoms with E-state index in [9.17, 15) is 9.59 Å². The van der Waals surface area contributed by atoms with E-state index in [1.807, 2.05) is 36.2 Å². The Labute approximate surface area is 198 Å². The normalized spacial score (nSPS) is 24.9. The van der Waals surface area contributed by atoms with Crippen LogP contribution in [0.25, 0.3) is 0 Å². The highest BCUT2D eigenvalue weighted by atomic mass is 35.5. The summed E-state index contributed by atoms with van der Waals surface area (Å²) in [6.07, 6.45) is 2.28. The van der Waals surface area contributed by atoms with Crippen LogP contribution in [0.3, 0.4) is 0 Å². The van der Waals surface area contributed by atoms with Crippen LogP contribution < -0.4 is 10.1 Å². The number of amides is 3. The Morgan fingerprint density at radius 2 is 1.69 bits per heavy atom. The molecule has 2 fully saturated rings. The smallest absolute Gasteiger partial charge is 0.320 e. The number of halogens is 2. The summed E-state index contributed by atoms with van der Waals surface area (Å²) in [5.74, 6) is 0.435. The second kappa shape index (κ2) is 9.20. The molecule has 2 aromatic carbocycles. The molecule has 170 valence electrons. The lowest BCUT2D eigenvalue weighted by atomic mass is 9.70. The number of benzene rings is 2. The standard InChI is InChI=1S/C24H27Cl2N3O3/c1-3-24(27-22(30)15-32-20-10-8-18(26)9-11-20)12-19(13-24)29-14-21(28(2)23(29)31)16-4-6-17(25)7-5-16/h4-11,19,21H,3,12-15H2,1-2H3,(H,27,30). The van der Waals surface area contributed by atoms with Crippen LogP contribution in [0.15, 0.2) is 48.5 Å². The number of urea groups is 1. The van der Waals surface area contributed by atoms with Gasteiger partial charge in [-0.25, -0.2) is 4.79 Å². The minimum absolute atomic E-state index is 0.00115. The number of carbonyl (C=O) groups excluding carboxylic acids is 2. The van der Waals surface area contributed by atoms with Crippen LogP contribution in [0.4, 0.5) is 4.79 Å². The molecular formula is C24H27Cl2N3O3. The maximum Gasteiger partial charge on any atom is 0.320 e. The topological polar surface area (TPSA) is 61.9 Å². The van der Waals surface area contributed by atoms with E-state index < -0.39 is 0 Å². The van der Waals surface area contributed by atoms with Crippen molar-refractivity contribution in [1.82, 2.24) is 15.1 Å². The highest BCUT2D eigenvalue weighted by Crippen LogP contribution is 2.42. The van der Waals surface area contributed by atoms with Crippen LogP contribution in [-0.4, -0.2) is 53.5 Å². The number of ether oxygens (including phenoxy) is 1. The minimum atomic E-state index is -0.303. The zero-order valence-electron chi connectivity index (χ0n) is 18.2. The molecule has 0 aromatic heterocycles. The molecule has 1 aliphatic carbocycles. The van der Waals surface area contributed by atoms with Gasteiger partial charge < -0.3 is 19.9 Å². The molecule has 1 N–H and O–H groups in total. The summed E-state index contributed by atoms with van der Waals surface area (Å²) in [6, 6.07) is 14.7. The van der Waals surface area contributed by atoms with Crippen molar-refractivity contribution in [3.63, 3.8) is 0 Å². The molecule has 3 amide bonds. The SMILES string of the molecule is CCC1(NC(=O)COc2ccc(Cl)cc2)CC(N2CC(c3ccc(Cl)cc3)N(C)C2=O)C1. The van der Waals surface area contributed by atoms with Gasteiger partial charge in [0.05, 0.1) is 6.04 Å². The van der Waals surface area contributed by atoms with E-state index >= 15 is 0 Å². The van der Waals surface area contributed by atoms with Gasteiger partial charge >= 0.3 is 6.03 Å². The van der Waals surface area contributed by atoms with E-state index in [2.05, 4.69) is 12.2 Å². The van der Waals surface area contributed by atoms with Crippen LogP contribution in [0.1, 0.15) is 37.8 Å². The maximum atomic E-state index is 12.9. The summed E-state index contributed by atoms with van der Waals surface area (Å²) in [5, 5.41) is 4.43. The van der Waals surface area contributed by atoms with E-state index in [0.29, 0.717) is 22.3 Å². The summed E-state index contributed by atoms with van der Waals surface area (Å²) in [4.78, 5) is 29.1. The van der Waals surface area contributed by atoms with Gasteiger partial charge in [-0.1, -0.05) is 42.3 Å². The first-order chi connectivity index (χ1) is 15.3. The maximum absolute atomic E-state index is 12.9. The highest BCUT2D eigenvalue weighted by Gasteiger charge is 2.50. The Bertz CT molecular complexity index is 975. The summed E-state index contributed by atoms with van der Waals surface area (Å²) >= 11 is 11.9. The molecular weight excluding hydrogens is 449 g/mol. The molecule has 2 aliphatic rings. The van der Waals surface area contributed by atoms with Gasteiger partial charge in [-0.05, 0) is 61.2 Å². The predicted octanol–water partition coefficient (Wildman–Crippen LogP) is 4.91. The van der Waals surface area contributed by atoms with E-state index in [-0.39, 0.29) is 36.2 Å². The summed E-state index contributed by atoms with van der Waals surface area (Å²) < 4.78 is 5.56. The van der Waals surface area contributed by atoms with Gasteiger partial charge in [0.2, 0.25) is 0 Å². The zero-order valence-corrected chi connectivity index (χ0v) is 19.7. The zero-order chi connectivity index (χ0) is 22.9. The van der Waals surface area contributed by atoms with Crippen molar-refractivity contribution in [3.05, 3.63) is 64.1 Å². The Hall–Kier alpha value is -2.44. The molecule has 1 heterocycles. The van der Waals surface area contributed by atoms with E-state index in [1.165, 1.54) is 0 Å². The van der Waals surface area contributed by atoms with Gasteiger partial charge in [0.15, 0.2) is 6.61 Å². The number of nitrogens with zero attached hydrogens (tertiary/aromatic N) is 2. The number of likely N-dealkylation sites (N-methyl/N-ethyl adjacent to an activating group) is 1. The molecule has 2 aromatic rings. The fourth-order valence-corrected chi connectivity index (χ4v) is 4.85. The number of carbonyl (C=O) groups is 2. The van der Waals surface area contributed by atoms with Crippen molar-refractivity contribution in [3.8, 4) is 5.75 Å². The van der Waals surface area contributed by atoms with Gasteiger partial charge in [-0.2, -0.15) is 0 Å². The lowest BCUT2D eigenvalue weighted by Gasteiger charge is -2.50. The summed E-state index contributed by atoms with van der Waals surface area (Å²) in [7, 11) is 1.84. The Kier molecular flexibility index (Phi) is 6.54. The largest absolute Gasteiger partial charge is 0.484 e. The monoisotopic (exact) mass is 475 g/mol. The molecule has 6 nitrogen and oxygen atoms in total. The average molecular weight is 476 g/mol. The Morgan fingerprint density at radius 1 is 1.09 bits per heavy atom. The van der Waals surface area contributed by atoms with Crippen molar-refractivity contribution in [2.45, 2.75) is 43.8 Å². The van der Waals surface area contributed by atoms with Crippen LogP contribution in [0, 0.1) is 0 Å². The van der Waals surface area contributed by atoms with Crippen LogP contribution >= 0.6 is 23.2 Å². The molecule has 1 saturated heterocycles. The van der Waals surface area contributed by atoms with Crippen molar-refractivity contribution in [2.75, 3.05) is 20.2 Å². The second-order valence-electron chi connectivity index (χ2n) is 8.60. The third-order valence-corrected chi connectivity index (χ3v) is 7.10. The second-order valence-corrected chi connectivity index (χ2v) is 9.47. The Balaban J connectivity index is 1.32. The molecule has 1 unspecified atom stereocenters. The van der Waals surface area contributed by atoms with Crippen LogP contribution in [0.5, 0.6) is 5.75 Å². The molecule has 1 saturated carbocycles. The average Bonchev–Trinajstić information content (AvgIpc) is 3.05. The lowest BCUT2D eigenvalue weighted by molar-refractivity contribution is -0.127. The Morgan fingerprint density at radius 3 is 2.28 bits per heavy atom. The van der Waals surface area contributed by atoms with Crippen molar-refractivity contribution in [1.29, 1.82) is 0 Å². The molecule has 0 radical (unpaired) electrons. The molecule has 1 aliphatic heterocycles. The molecule has 0 spiro atoms. The first kappa shape index (κ1) is 22.7. The fourth-order valence-electron chi connectivity index (χ4n) is 4.60. The fraction of sp³-hybridized carbons (Fsp3) is 0.417. The molecule has 1 atom stereocenters. The van der Waals surface area contributed by atoms with Crippen molar-refractivity contribution < 1.29 is 14.3 Å². The number of hydrogen-bond acceptors (Lipinski definition) is 3. The highest BCUT2D eigenvalue weighted by molar-refractivity contribution is 6.30. The molecule has 8 heteroatoms. The van der Waals surface area contributed by atoms with Gasteiger partial charge in [0.1, 0.15) is 5.75 Å². The summed E-state index contributed by atoms with van der Waals surface area (Å²) in [6.45, 7) is 2.64. The van der Waals surface area contributed by atoms with E-state index in [4.69, 9.17) is 27.9 Å². The lowest BCUT2D eigenvalue weighted by Crippen LogP contribution is -2.64. The predicted molar refractivity (Wildman–Crippen MR) is 125 cm³/mol. The first-order valence-electron chi connectivity index (χ1n) is 10.8. The third-order valence-electron chi connectivity index (χ3n) is 6.60. The number of hydrogen-bond donors (Lipinski definition) is 1. The van der Waals surface area contributed by atoms with Crippen LogP contribution in [-0.2, 0) is 4.79 Å². The minimum Gasteiger partial charge on any atom is -0.484 e. The molecule has 4 rings (SSSR count). The van der Waals surface area contributed by atoms with Crippen molar-refractivity contribution >= 4 is 35.1 Å². The summed E-state index contributed by atoms with van der Waals surface area (Å²) in [5.41, 5.74) is 0.768. The number of rotatable bonds is 7. The van der Waals surface area contributed by atoms with Crippen molar-refractivity contribution in [2.24, 2.45) is 0 Å². The van der Waals surface area contributed by atoms with E-state index in [0.717, 1.165) is 24.8 Å². The third kappa shape index (κ3) is 4.66. The van der Waals surface area contributed by atoms with E-state index in [1.54, 1.807) is 29.2 Å². The first-order valence-corrected chi connectivity index (χ1v) is 11.5. The van der Waals surface area contributed by atoms with Crippen LogP contribution in [0.2, 0.25) is 10.0 Å².